The predicted molar refractivity (Wildman–Crippen MR) is 65.0 cm³/mol. The van der Waals surface area contributed by atoms with E-state index in [0.29, 0.717) is 24.7 Å². The SMILES string of the molecule is COCCc1noc(-c2ccc3nc[nH]c3c2)n1. The smallest absolute Gasteiger partial charge is 0.257 e. The summed E-state index contributed by atoms with van der Waals surface area (Å²) in [5, 5.41) is 3.91. The van der Waals surface area contributed by atoms with Gasteiger partial charge in [0.2, 0.25) is 0 Å². The topological polar surface area (TPSA) is 76.8 Å². The van der Waals surface area contributed by atoms with E-state index >= 15 is 0 Å². The molecule has 0 fully saturated rings. The molecule has 0 amide bonds. The number of hydrogen-bond donors (Lipinski definition) is 1. The van der Waals surface area contributed by atoms with E-state index in [9.17, 15) is 0 Å². The second-order valence-electron chi connectivity index (χ2n) is 3.89. The van der Waals surface area contributed by atoms with Crippen LogP contribution < -0.4 is 0 Å². The van der Waals surface area contributed by atoms with Crippen molar-refractivity contribution in [2.75, 3.05) is 13.7 Å². The number of fused-ring (bicyclic) bond motifs is 1. The highest BCUT2D eigenvalue weighted by molar-refractivity contribution is 5.79. The van der Waals surface area contributed by atoms with Crippen molar-refractivity contribution in [2.45, 2.75) is 6.42 Å². The highest BCUT2D eigenvalue weighted by atomic mass is 16.5. The number of methoxy groups -OCH3 is 1. The molecule has 0 radical (unpaired) electrons. The fourth-order valence-corrected chi connectivity index (χ4v) is 1.73. The van der Waals surface area contributed by atoms with Crippen molar-refractivity contribution < 1.29 is 9.26 Å². The Morgan fingerprint density at radius 2 is 2.33 bits per heavy atom. The Kier molecular flexibility index (Phi) is 2.77. The molecule has 0 saturated carbocycles. The van der Waals surface area contributed by atoms with Gasteiger partial charge in [-0.3, -0.25) is 0 Å². The summed E-state index contributed by atoms with van der Waals surface area (Å²) in [7, 11) is 1.65. The van der Waals surface area contributed by atoms with Crippen molar-refractivity contribution in [1.29, 1.82) is 0 Å². The number of benzene rings is 1. The second-order valence-corrected chi connectivity index (χ2v) is 3.89. The lowest BCUT2D eigenvalue weighted by Crippen LogP contribution is -1.96. The Hall–Kier alpha value is -2.21. The first-order valence-corrected chi connectivity index (χ1v) is 5.62. The third-order valence-corrected chi connectivity index (χ3v) is 2.67. The zero-order valence-corrected chi connectivity index (χ0v) is 9.88. The number of aromatic nitrogens is 4. The average Bonchev–Trinajstić information content (AvgIpc) is 3.04. The van der Waals surface area contributed by atoms with Crippen molar-refractivity contribution in [3.8, 4) is 11.5 Å². The number of H-pyrrole nitrogens is 1. The van der Waals surface area contributed by atoms with E-state index in [2.05, 4.69) is 20.1 Å². The number of hydrogen-bond acceptors (Lipinski definition) is 5. The number of aromatic amines is 1. The minimum Gasteiger partial charge on any atom is -0.384 e. The summed E-state index contributed by atoms with van der Waals surface area (Å²) in [4.78, 5) is 11.5. The lowest BCUT2D eigenvalue weighted by molar-refractivity contribution is 0.199. The molecule has 92 valence electrons. The van der Waals surface area contributed by atoms with Gasteiger partial charge in [-0.1, -0.05) is 5.16 Å². The lowest BCUT2D eigenvalue weighted by Gasteiger charge is -1.94. The van der Waals surface area contributed by atoms with Crippen LogP contribution in [0.1, 0.15) is 5.82 Å². The first-order chi connectivity index (χ1) is 8.86. The molecule has 18 heavy (non-hydrogen) atoms. The first-order valence-electron chi connectivity index (χ1n) is 5.62. The van der Waals surface area contributed by atoms with Crippen LogP contribution in [-0.4, -0.2) is 33.8 Å². The van der Waals surface area contributed by atoms with Gasteiger partial charge in [-0.2, -0.15) is 4.98 Å². The van der Waals surface area contributed by atoms with Gasteiger partial charge >= 0.3 is 0 Å². The Labute approximate surface area is 103 Å². The summed E-state index contributed by atoms with van der Waals surface area (Å²) in [6, 6.07) is 5.77. The maximum atomic E-state index is 5.22. The van der Waals surface area contributed by atoms with E-state index in [0.717, 1.165) is 16.6 Å². The van der Waals surface area contributed by atoms with Gasteiger partial charge in [-0.05, 0) is 18.2 Å². The molecule has 0 bridgehead atoms. The summed E-state index contributed by atoms with van der Waals surface area (Å²) in [6.07, 6.45) is 2.30. The molecular formula is C12H12N4O2. The van der Waals surface area contributed by atoms with Crippen molar-refractivity contribution >= 4 is 11.0 Å². The van der Waals surface area contributed by atoms with Crippen LogP contribution in [0.4, 0.5) is 0 Å². The second kappa shape index (κ2) is 4.58. The van der Waals surface area contributed by atoms with Crippen molar-refractivity contribution in [2.24, 2.45) is 0 Å². The van der Waals surface area contributed by atoms with Crippen molar-refractivity contribution in [3.05, 3.63) is 30.4 Å². The van der Waals surface area contributed by atoms with Crippen LogP contribution in [0.5, 0.6) is 0 Å². The number of nitrogens with zero attached hydrogens (tertiary/aromatic N) is 3. The normalized spacial score (nSPS) is 11.2. The number of ether oxygens (including phenoxy) is 1. The zero-order chi connectivity index (χ0) is 12.4. The number of rotatable bonds is 4. The third-order valence-electron chi connectivity index (χ3n) is 2.67. The largest absolute Gasteiger partial charge is 0.384 e. The van der Waals surface area contributed by atoms with E-state index in [1.807, 2.05) is 18.2 Å². The van der Waals surface area contributed by atoms with Gasteiger partial charge in [-0.25, -0.2) is 4.98 Å². The average molecular weight is 244 g/mol. The van der Waals surface area contributed by atoms with Gasteiger partial charge in [0.05, 0.1) is 24.0 Å². The molecule has 3 rings (SSSR count). The maximum absolute atomic E-state index is 5.22. The van der Waals surface area contributed by atoms with Crippen molar-refractivity contribution in [3.63, 3.8) is 0 Å². The zero-order valence-electron chi connectivity index (χ0n) is 9.88. The van der Waals surface area contributed by atoms with Crippen molar-refractivity contribution in [1.82, 2.24) is 20.1 Å². The predicted octanol–water partition coefficient (Wildman–Crippen LogP) is 1.80. The quantitative estimate of drug-likeness (QED) is 0.757. The van der Waals surface area contributed by atoms with E-state index in [4.69, 9.17) is 9.26 Å². The molecule has 6 heteroatoms. The van der Waals surface area contributed by atoms with E-state index in [-0.39, 0.29) is 0 Å². The van der Waals surface area contributed by atoms with Gasteiger partial charge in [-0.15, -0.1) is 0 Å². The molecular weight excluding hydrogens is 232 g/mol. The van der Waals surface area contributed by atoms with Crippen LogP contribution in [-0.2, 0) is 11.2 Å². The molecule has 1 N–H and O–H groups in total. The summed E-state index contributed by atoms with van der Waals surface area (Å²) in [5.41, 5.74) is 2.74. The van der Waals surface area contributed by atoms with Gasteiger partial charge in [0.15, 0.2) is 5.82 Å². The molecule has 6 nitrogen and oxygen atoms in total. The van der Waals surface area contributed by atoms with Gasteiger partial charge in [0, 0.05) is 19.1 Å². The van der Waals surface area contributed by atoms with Crippen LogP contribution in [0.15, 0.2) is 29.0 Å². The molecule has 0 spiro atoms. The fourth-order valence-electron chi connectivity index (χ4n) is 1.73. The van der Waals surface area contributed by atoms with E-state index < -0.39 is 0 Å². The van der Waals surface area contributed by atoms with Crippen LogP contribution in [0.25, 0.3) is 22.5 Å². The van der Waals surface area contributed by atoms with Crippen LogP contribution in [0, 0.1) is 0 Å². The van der Waals surface area contributed by atoms with E-state index in [1.54, 1.807) is 13.4 Å². The Morgan fingerprint density at radius 1 is 1.39 bits per heavy atom. The van der Waals surface area contributed by atoms with Gasteiger partial charge in [0.25, 0.3) is 5.89 Å². The minimum absolute atomic E-state index is 0.512. The molecule has 0 saturated heterocycles. The molecule has 0 atom stereocenters. The molecule has 0 aliphatic heterocycles. The summed E-state index contributed by atoms with van der Waals surface area (Å²) >= 11 is 0. The monoisotopic (exact) mass is 244 g/mol. The molecule has 3 aromatic rings. The number of imidazole rings is 1. The standard InChI is InChI=1S/C12H12N4O2/c1-17-5-4-11-15-12(18-16-11)8-2-3-9-10(6-8)14-7-13-9/h2-3,6-7H,4-5H2,1H3,(H,13,14). The lowest BCUT2D eigenvalue weighted by atomic mass is 10.2. The summed E-state index contributed by atoms with van der Waals surface area (Å²) in [6.45, 7) is 0.582. The van der Waals surface area contributed by atoms with Gasteiger partial charge < -0.3 is 14.2 Å². The summed E-state index contributed by atoms with van der Waals surface area (Å²) < 4.78 is 10.2. The number of nitrogens with one attached hydrogen (secondary N) is 1. The fraction of sp³-hybridized carbons (Fsp3) is 0.250. The molecule has 0 aliphatic carbocycles. The molecule has 0 unspecified atom stereocenters. The van der Waals surface area contributed by atoms with E-state index in [1.165, 1.54) is 0 Å². The highest BCUT2D eigenvalue weighted by Gasteiger charge is 2.09. The Bertz CT molecular complexity index is 659. The van der Waals surface area contributed by atoms with Crippen LogP contribution >= 0.6 is 0 Å². The first kappa shape index (κ1) is 10.9. The van der Waals surface area contributed by atoms with Crippen LogP contribution in [0.2, 0.25) is 0 Å². The summed E-state index contributed by atoms with van der Waals surface area (Å²) in [5.74, 6) is 1.16. The third kappa shape index (κ3) is 1.98. The highest BCUT2D eigenvalue weighted by Crippen LogP contribution is 2.21. The molecule has 0 aliphatic rings. The minimum atomic E-state index is 0.512. The molecule has 1 aromatic carbocycles. The Morgan fingerprint density at radius 3 is 3.22 bits per heavy atom. The molecule has 2 heterocycles. The maximum Gasteiger partial charge on any atom is 0.257 e. The Balaban J connectivity index is 1.90. The van der Waals surface area contributed by atoms with Crippen LogP contribution in [0.3, 0.4) is 0 Å². The molecule has 2 aromatic heterocycles. The van der Waals surface area contributed by atoms with Gasteiger partial charge in [0.1, 0.15) is 0 Å².